The molecule has 122 valence electrons. The molecule has 0 radical (unpaired) electrons. The van der Waals surface area contributed by atoms with Crippen LogP contribution in [0.15, 0.2) is 24.3 Å². The van der Waals surface area contributed by atoms with E-state index in [-0.39, 0.29) is 5.91 Å². The topological polar surface area (TPSA) is 51.2 Å². The highest BCUT2D eigenvalue weighted by Gasteiger charge is 2.36. The highest BCUT2D eigenvalue weighted by Crippen LogP contribution is 2.35. The van der Waals surface area contributed by atoms with Crippen molar-refractivity contribution in [3.63, 3.8) is 0 Å². The molecule has 0 spiro atoms. The molecule has 0 bridgehead atoms. The Bertz CT molecular complexity index is 706. The molecule has 2 heterocycles. The molecule has 0 saturated carbocycles. The molecule has 1 aromatic carbocycles. The van der Waals surface area contributed by atoms with E-state index in [1.807, 2.05) is 19.9 Å². The number of carbonyl (C=O) groups is 1. The van der Waals surface area contributed by atoms with Crippen molar-refractivity contribution in [1.82, 2.24) is 9.69 Å². The first kappa shape index (κ1) is 16.1. The quantitative estimate of drug-likeness (QED) is 0.935. The Balaban J connectivity index is 1.83. The molecule has 1 atom stereocenters. The van der Waals surface area contributed by atoms with Gasteiger partial charge in [0, 0.05) is 4.88 Å². The Morgan fingerprint density at radius 1 is 1.39 bits per heavy atom. The second-order valence-corrected chi connectivity index (χ2v) is 6.96. The van der Waals surface area contributed by atoms with Gasteiger partial charge in [0.25, 0.3) is 5.91 Å². The van der Waals surface area contributed by atoms with Gasteiger partial charge in [-0.3, -0.25) is 4.79 Å². The lowest BCUT2D eigenvalue weighted by atomic mass is 9.84. The Hall–Kier alpha value is -1.72. The van der Waals surface area contributed by atoms with Crippen molar-refractivity contribution < 1.29 is 9.53 Å². The largest absolute Gasteiger partial charge is 0.368 e. The normalized spacial score (nSPS) is 20.1. The molecular weight excluding hydrogens is 308 g/mol. The number of hydrogen-bond acceptors (Lipinski definition) is 4. The number of aromatic nitrogens is 1. The Labute approximate surface area is 141 Å². The molecule has 0 saturated heterocycles. The summed E-state index contributed by atoms with van der Waals surface area (Å²) >= 11 is 1.37. The first-order chi connectivity index (χ1) is 11.1. The minimum atomic E-state index is -0.435. The van der Waals surface area contributed by atoms with Gasteiger partial charge >= 0.3 is 0 Å². The van der Waals surface area contributed by atoms with E-state index in [1.165, 1.54) is 22.7 Å². The summed E-state index contributed by atoms with van der Waals surface area (Å²) in [6.45, 7) is 7.09. The lowest BCUT2D eigenvalue weighted by molar-refractivity contribution is -0.0606. The SMILES string of the molecule is CC[C@]1(CNC(=O)c2c(C)nsc2C)OCCc2ccccc21. The van der Waals surface area contributed by atoms with E-state index < -0.39 is 5.60 Å². The maximum atomic E-state index is 12.6. The number of hydrogen-bond donors (Lipinski definition) is 1. The third kappa shape index (κ3) is 2.91. The molecule has 0 fully saturated rings. The Kier molecular flexibility index (Phi) is 4.50. The van der Waals surface area contributed by atoms with E-state index in [0.29, 0.717) is 18.7 Å². The summed E-state index contributed by atoms with van der Waals surface area (Å²) in [5.41, 5.74) is 3.58. The van der Waals surface area contributed by atoms with Crippen molar-refractivity contribution in [2.45, 2.75) is 39.2 Å². The first-order valence-electron chi connectivity index (χ1n) is 8.01. The summed E-state index contributed by atoms with van der Waals surface area (Å²) in [4.78, 5) is 13.5. The molecule has 1 aromatic heterocycles. The average molecular weight is 330 g/mol. The third-order valence-electron chi connectivity index (χ3n) is 4.62. The van der Waals surface area contributed by atoms with Crippen molar-refractivity contribution in [3.05, 3.63) is 51.5 Å². The number of nitrogens with zero attached hydrogens (tertiary/aromatic N) is 1. The fourth-order valence-corrected chi connectivity index (χ4v) is 4.00. The maximum Gasteiger partial charge on any atom is 0.254 e. The maximum absolute atomic E-state index is 12.6. The van der Waals surface area contributed by atoms with Crippen molar-refractivity contribution in [2.75, 3.05) is 13.2 Å². The molecular formula is C18H22N2O2S. The predicted molar refractivity (Wildman–Crippen MR) is 92.0 cm³/mol. The van der Waals surface area contributed by atoms with Crippen LogP contribution in [0.4, 0.5) is 0 Å². The van der Waals surface area contributed by atoms with Crippen molar-refractivity contribution in [3.8, 4) is 0 Å². The minimum absolute atomic E-state index is 0.0618. The summed E-state index contributed by atoms with van der Waals surface area (Å²) in [6, 6.07) is 8.37. The molecule has 1 amide bonds. The van der Waals surface area contributed by atoms with E-state index >= 15 is 0 Å². The van der Waals surface area contributed by atoms with E-state index in [2.05, 4.69) is 34.8 Å². The second kappa shape index (κ2) is 6.42. The predicted octanol–water partition coefficient (Wildman–Crippen LogP) is 3.37. The molecule has 1 aliphatic rings. The minimum Gasteiger partial charge on any atom is -0.368 e. The first-order valence-corrected chi connectivity index (χ1v) is 8.78. The van der Waals surface area contributed by atoms with Gasteiger partial charge in [0.2, 0.25) is 0 Å². The molecule has 23 heavy (non-hydrogen) atoms. The van der Waals surface area contributed by atoms with Gasteiger partial charge in [-0.1, -0.05) is 31.2 Å². The van der Waals surface area contributed by atoms with Crippen molar-refractivity contribution in [2.24, 2.45) is 0 Å². The van der Waals surface area contributed by atoms with Crippen LogP contribution >= 0.6 is 11.5 Å². The van der Waals surface area contributed by atoms with Gasteiger partial charge in [0.1, 0.15) is 5.60 Å². The lowest BCUT2D eigenvalue weighted by Crippen LogP contribution is -2.45. The molecule has 2 aromatic rings. The second-order valence-electron chi connectivity index (χ2n) is 5.99. The van der Waals surface area contributed by atoms with Gasteiger partial charge in [-0.15, -0.1) is 0 Å². The molecule has 0 aliphatic carbocycles. The van der Waals surface area contributed by atoms with Crippen LogP contribution in [0, 0.1) is 13.8 Å². The molecule has 1 N–H and O–H groups in total. The summed E-state index contributed by atoms with van der Waals surface area (Å²) in [5, 5.41) is 3.07. The summed E-state index contributed by atoms with van der Waals surface area (Å²) in [6.07, 6.45) is 1.75. The molecule has 4 nitrogen and oxygen atoms in total. The van der Waals surface area contributed by atoms with E-state index in [4.69, 9.17) is 4.74 Å². The average Bonchev–Trinajstić information content (AvgIpc) is 2.91. The standard InChI is InChI=1S/C18H22N2O2S/c1-4-18(15-8-6-5-7-14(15)9-10-22-18)11-19-17(21)16-12(2)20-23-13(16)3/h5-8H,4,9-11H2,1-3H3,(H,19,21)/t18-/m1/s1. The van der Waals surface area contributed by atoms with Crippen LogP contribution in [0.25, 0.3) is 0 Å². The number of nitrogens with one attached hydrogen (secondary N) is 1. The van der Waals surface area contributed by atoms with Crippen molar-refractivity contribution in [1.29, 1.82) is 0 Å². The summed E-state index contributed by atoms with van der Waals surface area (Å²) in [7, 11) is 0. The number of fused-ring (bicyclic) bond motifs is 1. The monoisotopic (exact) mass is 330 g/mol. The van der Waals surface area contributed by atoms with Gasteiger partial charge in [-0.2, -0.15) is 4.37 Å². The Morgan fingerprint density at radius 3 is 2.87 bits per heavy atom. The number of ether oxygens (including phenoxy) is 1. The van der Waals surface area contributed by atoms with Crippen LogP contribution in [-0.2, 0) is 16.8 Å². The molecule has 1 aliphatic heterocycles. The van der Waals surface area contributed by atoms with Gasteiger partial charge in [0.05, 0.1) is 24.4 Å². The fourth-order valence-electron chi connectivity index (χ4n) is 3.30. The van der Waals surface area contributed by atoms with Gasteiger partial charge < -0.3 is 10.1 Å². The van der Waals surface area contributed by atoms with E-state index in [0.717, 1.165) is 23.4 Å². The third-order valence-corrected chi connectivity index (χ3v) is 5.47. The number of rotatable bonds is 4. The molecule has 5 heteroatoms. The van der Waals surface area contributed by atoms with Crippen LogP contribution in [0.5, 0.6) is 0 Å². The highest BCUT2D eigenvalue weighted by molar-refractivity contribution is 7.06. The smallest absolute Gasteiger partial charge is 0.254 e. The van der Waals surface area contributed by atoms with Crippen molar-refractivity contribution >= 4 is 17.4 Å². The fraction of sp³-hybridized carbons (Fsp3) is 0.444. The van der Waals surface area contributed by atoms with Crippen LogP contribution < -0.4 is 5.32 Å². The highest BCUT2D eigenvalue weighted by atomic mass is 32.1. The van der Waals surface area contributed by atoms with Gasteiger partial charge in [0.15, 0.2) is 0 Å². The number of carbonyl (C=O) groups excluding carboxylic acids is 1. The van der Waals surface area contributed by atoms with Crippen LogP contribution in [0.3, 0.4) is 0 Å². The summed E-state index contributed by atoms with van der Waals surface area (Å²) in [5.74, 6) is -0.0618. The zero-order chi connectivity index (χ0) is 16.4. The van der Waals surface area contributed by atoms with Gasteiger partial charge in [-0.05, 0) is 49.3 Å². The summed E-state index contributed by atoms with van der Waals surface area (Å²) < 4.78 is 10.4. The number of aryl methyl sites for hydroxylation is 2. The van der Waals surface area contributed by atoms with Crippen LogP contribution in [0.1, 0.15) is 45.4 Å². The Morgan fingerprint density at radius 2 is 2.17 bits per heavy atom. The van der Waals surface area contributed by atoms with E-state index in [1.54, 1.807) is 0 Å². The molecule has 3 rings (SSSR count). The lowest BCUT2D eigenvalue weighted by Gasteiger charge is -2.38. The van der Waals surface area contributed by atoms with Gasteiger partial charge in [-0.25, -0.2) is 0 Å². The zero-order valence-electron chi connectivity index (χ0n) is 13.8. The zero-order valence-corrected chi connectivity index (χ0v) is 14.6. The number of amides is 1. The van der Waals surface area contributed by atoms with Crippen LogP contribution in [-0.4, -0.2) is 23.4 Å². The molecule has 0 unspecified atom stereocenters. The van der Waals surface area contributed by atoms with E-state index in [9.17, 15) is 4.79 Å². The number of benzene rings is 1. The van der Waals surface area contributed by atoms with Crippen LogP contribution in [0.2, 0.25) is 0 Å².